The molecule has 3 rings (SSSR count). The number of aromatic nitrogens is 2. The molecule has 0 saturated carbocycles. The van der Waals surface area contributed by atoms with E-state index < -0.39 is 29.2 Å². The fourth-order valence-electron chi connectivity index (χ4n) is 2.97. The predicted octanol–water partition coefficient (Wildman–Crippen LogP) is 2.78. The van der Waals surface area contributed by atoms with Crippen LogP contribution in [0.1, 0.15) is 30.8 Å². The van der Waals surface area contributed by atoms with E-state index in [1.165, 1.54) is 16.8 Å². The summed E-state index contributed by atoms with van der Waals surface area (Å²) >= 11 is 0. The van der Waals surface area contributed by atoms with Gasteiger partial charge in [0.2, 0.25) is 0 Å². The van der Waals surface area contributed by atoms with Gasteiger partial charge in [-0.25, -0.2) is 13.6 Å². The summed E-state index contributed by atoms with van der Waals surface area (Å²) < 4.78 is 33.5. The van der Waals surface area contributed by atoms with Gasteiger partial charge in [0, 0.05) is 30.4 Å². The standard InChI is InChI=1S/C19H17F2N3O4/c1-10-7-22-15(19(26)27)6-17(10)24-11(2)3-13(5-18(24)25)28-9-16-14(21)4-12(20)8-23-16/h3-5,7-8,17H,6,9H2,1-2H3,(H,26,27)/t17-/m1/s1. The first-order valence-corrected chi connectivity index (χ1v) is 8.39. The second kappa shape index (κ2) is 7.71. The molecule has 2 aromatic heterocycles. The number of carbonyl (C=O) groups is 1. The Hall–Kier alpha value is -3.36. The molecule has 0 aromatic carbocycles. The maximum atomic E-state index is 13.6. The highest BCUT2D eigenvalue weighted by molar-refractivity contribution is 6.36. The minimum Gasteiger partial charge on any atom is -0.487 e. The third kappa shape index (κ3) is 3.98. The smallest absolute Gasteiger partial charge is 0.350 e. The van der Waals surface area contributed by atoms with Crippen molar-refractivity contribution in [2.24, 2.45) is 4.99 Å². The maximum absolute atomic E-state index is 13.6. The van der Waals surface area contributed by atoms with Gasteiger partial charge in [-0.1, -0.05) is 0 Å². The highest BCUT2D eigenvalue weighted by Gasteiger charge is 2.25. The van der Waals surface area contributed by atoms with Crippen molar-refractivity contribution in [3.63, 3.8) is 0 Å². The van der Waals surface area contributed by atoms with Crippen molar-refractivity contribution in [1.29, 1.82) is 0 Å². The summed E-state index contributed by atoms with van der Waals surface area (Å²) in [6.07, 6.45) is 2.41. The van der Waals surface area contributed by atoms with Crippen molar-refractivity contribution in [2.75, 3.05) is 0 Å². The van der Waals surface area contributed by atoms with Crippen LogP contribution >= 0.6 is 0 Å². The lowest BCUT2D eigenvalue weighted by Gasteiger charge is -2.25. The molecule has 146 valence electrons. The monoisotopic (exact) mass is 389 g/mol. The Morgan fingerprint density at radius 1 is 1.32 bits per heavy atom. The normalized spacial score (nSPS) is 16.4. The molecule has 0 spiro atoms. The quantitative estimate of drug-likeness (QED) is 0.849. The van der Waals surface area contributed by atoms with Crippen LogP contribution in [0.15, 0.2) is 46.0 Å². The predicted molar refractivity (Wildman–Crippen MR) is 96.4 cm³/mol. The number of halogens is 2. The molecule has 0 bridgehead atoms. The molecular formula is C19H17F2N3O4. The van der Waals surface area contributed by atoms with Gasteiger partial charge in [-0.3, -0.25) is 14.8 Å². The minimum atomic E-state index is -1.13. The van der Waals surface area contributed by atoms with Crippen molar-refractivity contribution in [2.45, 2.75) is 32.9 Å². The summed E-state index contributed by atoms with van der Waals surface area (Å²) in [6.45, 7) is 3.18. The lowest BCUT2D eigenvalue weighted by Crippen LogP contribution is -2.31. The van der Waals surface area contributed by atoms with Crippen LogP contribution in [-0.2, 0) is 11.4 Å². The molecule has 3 heterocycles. The molecule has 0 unspecified atom stereocenters. The number of aliphatic imine (C=N–C) groups is 1. The molecule has 1 N–H and O–H groups in total. The van der Waals surface area contributed by atoms with Gasteiger partial charge in [-0.15, -0.1) is 0 Å². The second-order valence-electron chi connectivity index (χ2n) is 6.39. The first kappa shape index (κ1) is 19.4. The molecule has 0 saturated heterocycles. The number of hydrogen-bond acceptors (Lipinski definition) is 5. The first-order valence-electron chi connectivity index (χ1n) is 8.39. The van der Waals surface area contributed by atoms with E-state index in [4.69, 9.17) is 9.84 Å². The van der Waals surface area contributed by atoms with Crippen molar-refractivity contribution in [3.8, 4) is 5.75 Å². The molecule has 9 heteroatoms. The highest BCUT2D eigenvalue weighted by Crippen LogP contribution is 2.27. The van der Waals surface area contributed by atoms with Crippen molar-refractivity contribution >= 4 is 11.7 Å². The summed E-state index contributed by atoms with van der Waals surface area (Å²) in [5.41, 5.74) is 0.782. The van der Waals surface area contributed by atoms with Crippen LogP contribution in [0, 0.1) is 18.6 Å². The van der Waals surface area contributed by atoms with Crippen LogP contribution in [0.4, 0.5) is 8.78 Å². The van der Waals surface area contributed by atoms with E-state index in [1.54, 1.807) is 19.9 Å². The van der Waals surface area contributed by atoms with Crippen LogP contribution in [0.5, 0.6) is 5.75 Å². The number of carboxylic acids is 1. The topological polar surface area (TPSA) is 93.8 Å². The number of carboxylic acid groups (broad SMARTS) is 1. The van der Waals surface area contributed by atoms with Gasteiger partial charge in [-0.05, 0) is 25.5 Å². The molecular weight excluding hydrogens is 372 g/mol. The largest absolute Gasteiger partial charge is 0.487 e. The number of ether oxygens (including phenoxy) is 1. The van der Waals surface area contributed by atoms with Crippen molar-refractivity contribution in [1.82, 2.24) is 9.55 Å². The molecule has 0 amide bonds. The number of nitrogens with zero attached hydrogens (tertiary/aromatic N) is 3. The SMILES string of the molecule is CC1=CN=C(C(=O)O)C[C@H]1n1c(C)cc(OCc2ncc(F)cc2F)cc1=O. The van der Waals surface area contributed by atoms with Crippen LogP contribution in [0.2, 0.25) is 0 Å². The van der Waals surface area contributed by atoms with Crippen LogP contribution in [0.3, 0.4) is 0 Å². The Bertz CT molecular complexity index is 1060. The van der Waals surface area contributed by atoms with Crippen molar-refractivity contribution in [3.05, 3.63) is 69.5 Å². The Balaban J connectivity index is 1.83. The summed E-state index contributed by atoms with van der Waals surface area (Å²) in [5, 5.41) is 9.16. The van der Waals surface area contributed by atoms with E-state index >= 15 is 0 Å². The van der Waals surface area contributed by atoms with Crippen molar-refractivity contribution < 1.29 is 23.4 Å². The average Bonchev–Trinajstić information content (AvgIpc) is 2.61. The lowest BCUT2D eigenvalue weighted by atomic mass is 9.99. The molecule has 0 fully saturated rings. The summed E-state index contributed by atoms with van der Waals surface area (Å²) in [6, 6.07) is 3.05. The molecule has 28 heavy (non-hydrogen) atoms. The van der Waals surface area contributed by atoms with E-state index in [9.17, 15) is 18.4 Å². The molecule has 0 radical (unpaired) electrons. The van der Waals surface area contributed by atoms with Gasteiger partial charge in [0.15, 0.2) is 5.82 Å². The summed E-state index contributed by atoms with van der Waals surface area (Å²) in [7, 11) is 0. The zero-order valence-corrected chi connectivity index (χ0v) is 15.1. The summed E-state index contributed by atoms with van der Waals surface area (Å²) in [4.78, 5) is 31.4. The molecule has 1 atom stereocenters. The Morgan fingerprint density at radius 2 is 2.07 bits per heavy atom. The third-order valence-corrected chi connectivity index (χ3v) is 4.39. The van der Waals surface area contributed by atoms with Gasteiger partial charge in [0.25, 0.3) is 5.56 Å². The van der Waals surface area contributed by atoms with E-state index in [0.29, 0.717) is 11.8 Å². The van der Waals surface area contributed by atoms with E-state index in [2.05, 4.69) is 9.98 Å². The highest BCUT2D eigenvalue weighted by atomic mass is 19.1. The average molecular weight is 389 g/mol. The van der Waals surface area contributed by atoms with Gasteiger partial charge < -0.3 is 14.4 Å². The number of allylic oxidation sites excluding steroid dienone is 1. The molecule has 0 aliphatic carbocycles. The van der Waals surface area contributed by atoms with E-state index in [0.717, 1.165) is 11.8 Å². The fraction of sp³-hybridized carbons (Fsp3) is 0.263. The van der Waals surface area contributed by atoms with Crippen LogP contribution in [-0.4, -0.2) is 26.3 Å². The van der Waals surface area contributed by atoms with E-state index in [1.807, 2.05) is 0 Å². The Kier molecular flexibility index (Phi) is 5.34. The van der Waals surface area contributed by atoms with Gasteiger partial charge >= 0.3 is 5.97 Å². The van der Waals surface area contributed by atoms with Crippen LogP contribution < -0.4 is 10.3 Å². The zero-order chi connectivity index (χ0) is 20.4. The Labute approximate surface area is 158 Å². The molecule has 2 aromatic rings. The van der Waals surface area contributed by atoms with Gasteiger partial charge in [-0.2, -0.15) is 0 Å². The molecule has 7 nitrogen and oxygen atoms in total. The second-order valence-corrected chi connectivity index (χ2v) is 6.39. The van der Waals surface area contributed by atoms with Crippen LogP contribution in [0.25, 0.3) is 0 Å². The van der Waals surface area contributed by atoms with Gasteiger partial charge in [0.1, 0.15) is 29.6 Å². The number of aryl methyl sites for hydroxylation is 1. The fourth-order valence-corrected chi connectivity index (χ4v) is 2.97. The molecule has 1 aliphatic heterocycles. The summed E-state index contributed by atoms with van der Waals surface area (Å²) in [5.74, 6) is -2.56. The number of pyridine rings is 2. The number of hydrogen-bond donors (Lipinski definition) is 1. The Morgan fingerprint density at radius 3 is 2.71 bits per heavy atom. The maximum Gasteiger partial charge on any atom is 0.350 e. The minimum absolute atomic E-state index is 0.0277. The number of aliphatic carboxylic acids is 1. The number of rotatable bonds is 5. The first-order chi connectivity index (χ1) is 13.3. The van der Waals surface area contributed by atoms with E-state index in [-0.39, 0.29) is 30.2 Å². The van der Waals surface area contributed by atoms with Gasteiger partial charge in [0.05, 0.1) is 12.2 Å². The lowest BCUT2D eigenvalue weighted by molar-refractivity contribution is -0.129. The third-order valence-electron chi connectivity index (χ3n) is 4.39. The zero-order valence-electron chi connectivity index (χ0n) is 15.1. The molecule has 1 aliphatic rings.